The van der Waals surface area contributed by atoms with Crippen molar-refractivity contribution in [3.63, 3.8) is 0 Å². The van der Waals surface area contributed by atoms with Gasteiger partial charge in [-0.1, -0.05) is 6.92 Å². The number of fused-ring (bicyclic) bond motifs is 1. The molecule has 0 amide bonds. The van der Waals surface area contributed by atoms with Gasteiger partial charge in [-0.25, -0.2) is 4.42 Å². The summed E-state index contributed by atoms with van der Waals surface area (Å²) in [6, 6.07) is 9.49. The molecular formula is C22H25O5+. The number of rotatable bonds is 6. The summed E-state index contributed by atoms with van der Waals surface area (Å²) in [5.74, 6) is 2.78. The minimum Gasteiger partial charge on any atom is -0.493 e. The average molecular weight is 369 g/mol. The smallest absolute Gasteiger partial charge is 0.368 e. The lowest BCUT2D eigenvalue weighted by atomic mass is 9.94. The molecule has 3 aromatic rings. The van der Waals surface area contributed by atoms with Gasteiger partial charge in [0.15, 0.2) is 11.5 Å². The van der Waals surface area contributed by atoms with Gasteiger partial charge >= 0.3 is 11.5 Å². The second-order valence-electron chi connectivity index (χ2n) is 6.37. The predicted octanol–water partition coefficient (Wildman–Crippen LogP) is 4.25. The van der Waals surface area contributed by atoms with Crippen LogP contribution in [-0.2, 0) is 19.6 Å². The van der Waals surface area contributed by atoms with E-state index in [4.69, 9.17) is 13.9 Å². The first-order valence-electron chi connectivity index (χ1n) is 8.93. The molecule has 5 heteroatoms. The van der Waals surface area contributed by atoms with Gasteiger partial charge in [0.05, 0.1) is 50.9 Å². The van der Waals surface area contributed by atoms with E-state index in [0.717, 1.165) is 39.6 Å². The lowest BCUT2D eigenvalue weighted by Crippen LogP contribution is -1.99. The van der Waals surface area contributed by atoms with Crippen LogP contribution < -0.4 is 9.47 Å². The van der Waals surface area contributed by atoms with Crippen molar-refractivity contribution in [3.8, 4) is 22.8 Å². The normalized spacial score (nSPS) is 11.0. The molecule has 0 spiro atoms. The van der Waals surface area contributed by atoms with Crippen molar-refractivity contribution in [1.82, 2.24) is 0 Å². The third-order valence-electron chi connectivity index (χ3n) is 4.93. The van der Waals surface area contributed by atoms with Gasteiger partial charge in [-0.3, -0.25) is 0 Å². The summed E-state index contributed by atoms with van der Waals surface area (Å²) < 4.78 is 17.0. The molecule has 0 aliphatic heterocycles. The fourth-order valence-electron chi connectivity index (χ4n) is 3.51. The molecule has 142 valence electrons. The number of benzene rings is 2. The molecule has 27 heavy (non-hydrogen) atoms. The monoisotopic (exact) mass is 369 g/mol. The molecule has 0 saturated heterocycles. The van der Waals surface area contributed by atoms with E-state index in [1.165, 1.54) is 0 Å². The Balaban J connectivity index is 2.36. The molecular weight excluding hydrogens is 344 g/mol. The summed E-state index contributed by atoms with van der Waals surface area (Å²) in [5.41, 5.74) is 3.36. The third-order valence-corrected chi connectivity index (χ3v) is 4.93. The maximum Gasteiger partial charge on any atom is 0.368 e. The van der Waals surface area contributed by atoms with Crippen molar-refractivity contribution >= 4 is 10.8 Å². The summed E-state index contributed by atoms with van der Waals surface area (Å²) in [7, 11) is 3.20. The number of ether oxygens (including phenoxy) is 2. The average Bonchev–Trinajstić information content (AvgIpc) is 2.71. The molecule has 0 atom stereocenters. The highest BCUT2D eigenvalue weighted by Gasteiger charge is 2.25. The standard InChI is InChI=1S/C22H25O5/c1-5-17-13(2)27-22(14-6-7-20(25-3)21(10-14)26-4)19-9-16(12-24)15(11-23)8-18(17)19/h6-10,23-24H,5,11-12H2,1-4H3/q+1. The zero-order valence-electron chi connectivity index (χ0n) is 16.1. The van der Waals surface area contributed by atoms with Crippen molar-refractivity contribution in [3.05, 3.63) is 52.8 Å². The summed E-state index contributed by atoms with van der Waals surface area (Å²) in [6.07, 6.45) is 0.807. The van der Waals surface area contributed by atoms with E-state index < -0.39 is 0 Å². The maximum atomic E-state index is 9.72. The highest BCUT2D eigenvalue weighted by molar-refractivity contribution is 5.97. The molecule has 1 heterocycles. The van der Waals surface area contributed by atoms with Gasteiger partial charge in [-0.2, -0.15) is 0 Å². The quantitative estimate of drug-likeness (QED) is 0.636. The third kappa shape index (κ3) is 3.36. The lowest BCUT2D eigenvalue weighted by Gasteiger charge is -2.11. The van der Waals surface area contributed by atoms with Crippen molar-refractivity contribution in [2.24, 2.45) is 0 Å². The molecule has 0 fully saturated rings. The van der Waals surface area contributed by atoms with Crippen LogP contribution >= 0.6 is 0 Å². The summed E-state index contributed by atoms with van der Waals surface area (Å²) in [6.45, 7) is 3.76. The number of hydrogen-bond donors (Lipinski definition) is 2. The largest absolute Gasteiger partial charge is 0.493 e. The van der Waals surface area contributed by atoms with E-state index in [2.05, 4.69) is 6.92 Å². The van der Waals surface area contributed by atoms with Crippen LogP contribution in [0.5, 0.6) is 11.5 Å². The van der Waals surface area contributed by atoms with Gasteiger partial charge in [-0.05, 0) is 41.8 Å². The number of hydrogen-bond acceptors (Lipinski definition) is 4. The minimum absolute atomic E-state index is 0.119. The molecule has 2 N–H and O–H groups in total. The molecule has 3 rings (SSSR count). The predicted molar refractivity (Wildman–Crippen MR) is 105 cm³/mol. The van der Waals surface area contributed by atoms with Crippen LogP contribution in [-0.4, -0.2) is 24.4 Å². The van der Waals surface area contributed by atoms with Gasteiger partial charge in [-0.15, -0.1) is 0 Å². The van der Waals surface area contributed by atoms with Gasteiger partial charge in [0, 0.05) is 11.5 Å². The fraction of sp³-hybridized carbons (Fsp3) is 0.318. The second kappa shape index (κ2) is 7.94. The van der Waals surface area contributed by atoms with Gasteiger partial charge in [0.2, 0.25) is 0 Å². The van der Waals surface area contributed by atoms with Crippen LogP contribution in [0.3, 0.4) is 0 Å². The highest BCUT2D eigenvalue weighted by atomic mass is 16.5. The molecule has 0 aliphatic carbocycles. The minimum atomic E-state index is -0.146. The SMILES string of the molecule is CCc1c(C)[o+]c(-c2ccc(OC)c(OC)c2)c2cc(CO)c(CO)cc12. The van der Waals surface area contributed by atoms with Crippen molar-refractivity contribution in [2.45, 2.75) is 33.5 Å². The maximum absolute atomic E-state index is 9.72. The number of aliphatic hydroxyl groups excluding tert-OH is 2. The van der Waals surface area contributed by atoms with Crippen molar-refractivity contribution < 1.29 is 24.1 Å². The molecule has 0 bridgehead atoms. The first-order valence-corrected chi connectivity index (χ1v) is 8.93. The van der Waals surface area contributed by atoms with Gasteiger partial charge in [0.25, 0.3) is 0 Å². The zero-order valence-corrected chi connectivity index (χ0v) is 16.1. The second-order valence-corrected chi connectivity index (χ2v) is 6.37. The Kier molecular flexibility index (Phi) is 5.63. The van der Waals surface area contributed by atoms with Crippen LogP contribution in [0.2, 0.25) is 0 Å². The molecule has 5 nitrogen and oxygen atoms in total. The number of methoxy groups -OCH3 is 2. The summed E-state index contributed by atoms with van der Waals surface area (Å²) in [5, 5.41) is 21.3. The van der Waals surface area contributed by atoms with E-state index in [0.29, 0.717) is 22.8 Å². The first kappa shape index (κ1) is 19.1. The number of aliphatic hydroxyl groups is 2. The van der Waals surface area contributed by atoms with Crippen LogP contribution in [0.1, 0.15) is 29.4 Å². The van der Waals surface area contributed by atoms with E-state index in [-0.39, 0.29) is 13.2 Å². The molecule has 2 aromatic carbocycles. The van der Waals surface area contributed by atoms with Gasteiger partial charge in [0.1, 0.15) is 0 Å². The topological polar surface area (TPSA) is 70.2 Å². The Labute approximate surface area is 158 Å². The molecule has 0 aliphatic rings. The zero-order chi connectivity index (χ0) is 19.6. The Hall–Kier alpha value is -2.63. The lowest BCUT2D eigenvalue weighted by molar-refractivity contribution is 0.260. The van der Waals surface area contributed by atoms with Crippen LogP contribution in [0, 0.1) is 6.92 Å². The van der Waals surface area contributed by atoms with Crippen molar-refractivity contribution in [2.75, 3.05) is 14.2 Å². The van der Waals surface area contributed by atoms with Crippen LogP contribution in [0.25, 0.3) is 22.1 Å². The highest BCUT2D eigenvalue weighted by Crippen LogP contribution is 2.38. The van der Waals surface area contributed by atoms with Crippen LogP contribution in [0.4, 0.5) is 0 Å². The Morgan fingerprint density at radius 3 is 2.07 bits per heavy atom. The Bertz CT molecular complexity index is 978. The summed E-state index contributed by atoms with van der Waals surface area (Å²) >= 11 is 0. The Morgan fingerprint density at radius 1 is 0.889 bits per heavy atom. The van der Waals surface area contributed by atoms with E-state index in [1.807, 2.05) is 37.3 Å². The van der Waals surface area contributed by atoms with Crippen LogP contribution in [0.15, 0.2) is 34.7 Å². The molecule has 1 aromatic heterocycles. The number of aryl methyl sites for hydroxylation is 2. The van der Waals surface area contributed by atoms with E-state index >= 15 is 0 Å². The summed E-state index contributed by atoms with van der Waals surface area (Å²) in [4.78, 5) is 0. The molecule has 0 saturated carbocycles. The molecule has 0 radical (unpaired) electrons. The van der Waals surface area contributed by atoms with E-state index in [9.17, 15) is 10.2 Å². The first-order chi connectivity index (χ1) is 13.1. The Morgan fingerprint density at radius 2 is 1.52 bits per heavy atom. The fourth-order valence-corrected chi connectivity index (χ4v) is 3.51. The molecule has 0 unspecified atom stereocenters. The van der Waals surface area contributed by atoms with Crippen molar-refractivity contribution in [1.29, 1.82) is 0 Å². The van der Waals surface area contributed by atoms with Gasteiger partial charge < -0.3 is 19.7 Å². The van der Waals surface area contributed by atoms with E-state index in [1.54, 1.807) is 14.2 Å².